The largest absolute Gasteiger partial charge is 0.387 e. The first-order valence-corrected chi connectivity index (χ1v) is 10.1. The summed E-state index contributed by atoms with van der Waals surface area (Å²) in [6, 6.07) is 27.5. The number of aliphatic hydroxyl groups excluding tert-OH is 1. The minimum absolute atomic E-state index is 0.0416. The molecule has 0 aliphatic carbocycles. The molecule has 3 aromatic rings. The number of amides is 2. The third kappa shape index (κ3) is 4.11. The molecule has 3 aromatic carbocycles. The molecule has 1 unspecified atom stereocenters. The van der Waals surface area contributed by atoms with E-state index < -0.39 is 12.5 Å². The number of anilines is 1. The van der Waals surface area contributed by atoms with E-state index in [0.717, 1.165) is 22.4 Å². The monoisotopic (exact) mass is 400 g/mol. The Morgan fingerprint density at radius 3 is 2.23 bits per heavy atom. The Kier molecular flexibility index (Phi) is 5.91. The van der Waals surface area contributed by atoms with Crippen molar-refractivity contribution < 1.29 is 14.7 Å². The van der Waals surface area contributed by atoms with Gasteiger partial charge in [0.2, 0.25) is 11.8 Å². The van der Waals surface area contributed by atoms with Crippen molar-refractivity contribution >= 4 is 17.5 Å². The number of carbonyl (C=O) groups is 2. The molecule has 0 saturated carbocycles. The van der Waals surface area contributed by atoms with Gasteiger partial charge in [0.15, 0.2) is 0 Å². The fourth-order valence-corrected chi connectivity index (χ4v) is 4.02. The van der Waals surface area contributed by atoms with E-state index in [1.807, 2.05) is 84.9 Å². The van der Waals surface area contributed by atoms with Crippen LogP contribution in [0.25, 0.3) is 11.1 Å². The lowest BCUT2D eigenvalue weighted by Crippen LogP contribution is -2.59. The van der Waals surface area contributed by atoms with Crippen LogP contribution < -0.4 is 4.90 Å². The number of benzene rings is 3. The Bertz CT molecular complexity index is 1020. The van der Waals surface area contributed by atoms with Crippen molar-refractivity contribution in [3.8, 4) is 11.1 Å². The van der Waals surface area contributed by atoms with Gasteiger partial charge in [-0.3, -0.25) is 9.59 Å². The highest BCUT2D eigenvalue weighted by molar-refractivity contribution is 6.01. The smallest absolute Gasteiger partial charge is 0.249 e. The van der Waals surface area contributed by atoms with Crippen LogP contribution in [0.3, 0.4) is 0 Å². The maximum Gasteiger partial charge on any atom is 0.249 e. The molecule has 1 aliphatic heterocycles. The molecule has 1 N–H and O–H groups in total. The summed E-state index contributed by atoms with van der Waals surface area (Å²) in [5.74, 6) is -0.565. The van der Waals surface area contributed by atoms with Crippen molar-refractivity contribution in [1.29, 1.82) is 0 Å². The molecule has 152 valence electrons. The zero-order valence-electron chi connectivity index (χ0n) is 16.6. The zero-order chi connectivity index (χ0) is 20.9. The predicted octanol–water partition coefficient (Wildman–Crippen LogP) is 3.13. The average Bonchev–Trinajstić information content (AvgIpc) is 2.81. The van der Waals surface area contributed by atoms with Crippen molar-refractivity contribution in [1.82, 2.24) is 4.90 Å². The molecular weight excluding hydrogens is 376 g/mol. The van der Waals surface area contributed by atoms with Crippen LogP contribution in [0.15, 0.2) is 84.9 Å². The van der Waals surface area contributed by atoms with E-state index in [1.165, 1.54) is 4.90 Å². The molecule has 0 radical (unpaired) electrons. The summed E-state index contributed by atoms with van der Waals surface area (Å²) < 4.78 is 0. The number of aliphatic hydroxyl groups is 1. The molecule has 0 bridgehead atoms. The second kappa shape index (κ2) is 8.93. The van der Waals surface area contributed by atoms with Gasteiger partial charge < -0.3 is 14.9 Å². The first kappa shape index (κ1) is 19.9. The van der Waals surface area contributed by atoms with Crippen molar-refractivity contribution in [2.45, 2.75) is 12.5 Å². The fourth-order valence-electron chi connectivity index (χ4n) is 4.02. The van der Waals surface area contributed by atoms with E-state index in [-0.39, 0.29) is 18.5 Å². The third-order valence-electron chi connectivity index (χ3n) is 5.49. The molecule has 0 spiro atoms. The summed E-state index contributed by atoms with van der Waals surface area (Å²) in [5, 5.41) is 9.42. The highest BCUT2D eigenvalue weighted by Crippen LogP contribution is 2.32. The van der Waals surface area contributed by atoms with Gasteiger partial charge in [-0.15, -0.1) is 0 Å². The maximum absolute atomic E-state index is 13.1. The summed E-state index contributed by atoms with van der Waals surface area (Å²) in [4.78, 5) is 28.7. The molecule has 0 aromatic heterocycles. The van der Waals surface area contributed by atoms with E-state index in [1.54, 1.807) is 4.90 Å². The van der Waals surface area contributed by atoms with Crippen LogP contribution in [0.1, 0.15) is 5.56 Å². The number of hydrogen-bond acceptors (Lipinski definition) is 3. The number of rotatable bonds is 5. The molecule has 5 nitrogen and oxygen atoms in total. The van der Waals surface area contributed by atoms with Gasteiger partial charge in [0.1, 0.15) is 13.2 Å². The van der Waals surface area contributed by atoms with Crippen LogP contribution in [0.2, 0.25) is 0 Å². The second-order valence-corrected chi connectivity index (χ2v) is 7.41. The Morgan fingerprint density at radius 1 is 0.900 bits per heavy atom. The average molecular weight is 400 g/mol. The number of piperazine rings is 1. The molecule has 1 saturated heterocycles. The van der Waals surface area contributed by atoms with Gasteiger partial charge in [0, 0.05) is 12.1 Å². The first-order valence-electron chi connectivity index (χ1n) is 10.1. The minimum atomic E-state index is -0.598. The highest BCUT2D eigenvalue weighted by atomic mass is 16.3. The Labute approximate surface area is 176 Å². The van der Waals surface area contributed by atoms with Crippen LogP contribution in [0, 0.1) is 0 Å². The molecule has 4 rings (SSSR count). The Morgan fingerprint density at radius 2 is 1.53 bits per heavy atom. The van der Waals surface area contributed by atoms with Crippen LogP contribution >= 0.6 is 0 Å². The standard InChI is InChI=1S/C25H24N2O3/c28-18-25(30)26-17-24(29)27(16-21(26)15-19-9-3-1-4-10-19)23-14-8-7-13-22(23)20-11-5-2-6-12-20/h1-14,21,28H,15-18H2. The van der Waals surface area contributed by atoms with Crippen molar-refractivity contribution in [2.75, 3.05) is 24.6 Å². The summed E-state index contributed by atoms with van der Waals surface area (Å²) in [6.07, 6.45) is 0.615. The SMILES string of the molecule is O=C1CN(C(=O)CO)C(Cc2ccccc2)CN1c1ccccc1-c1ccccc1. The molecule has 5 heteroatoms. The number of carbonyl (C=O) groups excluding carboxylic acids is 2. The van der Waals surface area contributed by atoms with Crippen LogP contribution in [-0.4, -0.2) is 47.6 Å². The second-order valence-electron chi connectivity index (χ2n) is 7.41. The van der Waals surface area contributed by atoms with Gasteiger partial charge in [-0.2, -0.15) is 0 Å². The van der Waals surface area contributed by atoms with Gasteiger partial charge in [-0.05, 0) is 23.6 Å². The summed E-state index contributed by atoms with van der Waals surface area (Å²) in [6.45, 7) is -0.261. The van der Waals surface area contributed by atoms with E-state index in [2.05, 4.69) is 0 Å². The summed E-state index contributed by atoms with van der Waals surface area (Å²) >= 11 is 0. The lowest BCUT2D eigenvalue weighted by molar-refractivity contribution is -0.142. The topological polar surface area (TPSA) is 60.9 Å². The van der Waals surface area contributed by atoms with Crippen molar-refractivity contribution in [3.63, 3.8) is 0 Å². The summed E-state index contributed by atoms with van der Waals surface area (Å²) in [5.41, 5.74) is 3.94. The number of hydrogen-bond donors (Lipinski definition) is 1. The van der Waals surface area contributed by atoms with Crippen LogP contribution in [0.4, 0.5) is 5.69 Å². The molecule has 1 heterocycles. The Hall–Kier alpha value is -3.44. The molecule has 1 aliphatic rings. The van der Waals surface area contributed by atoms with E-state index in [0.29, 0.717) is 13.0 Å². The van der Waals surface area contributed by atoms with E-state index in [4.69, 9.17) is 0 Å². The van der Waals surface area contributed by atoms with Gasteiger partial charge in [0.05, 0.1) is 11.7 Å². The molecule has 30 heavy (non-hydrogen) atoms. The number of para-hydroxylation sites is 1. The maximum atomic E-state index is 13.1. The van der Waals surface area contributed by atoms with Gasteiger partial charge >= 0.3 is 0 Å². The van der Waals surface area contributed by atoms with Gasteiger partial charge in [-0.1, -0.05) is 78.9 Å². The van der Waals surface area contributed by atoms with E-state index in [9.17, 15) is 14.7 Å². The van der Waals surface area contributed by atoms with Gasteiger partial charge in [0.25, 0.3) is 0 Å². The lowest BCUT2D eigenvalue weighted by Gasteiger charge is -2.41. The van der Waals surface area contributed by atoms with Gasteiger partial charge in [-0.25, -0.2) is 0 Å². The zero-order valence-corrected chi connectivity index (χ0v) is 16.6. The number of nitrogens with zero attached hydrogens (tertiary/aromatic N) is 2. The highest BCUT2D eigenvalue weighted by Gasteiger charge is 2.36. The van der Waals surface area contributed by atoms with Crippen molar-refractivity contribution in [2.24, 2.45) is 0 Å². The van der Waals surface area contributed by atoms with Crippen LogP contribution in [0.5, 0.6) is 0 Å². The van der Waals surface area contributed by atoms with E-state index >= 15 is 0 Å². The Balaban J connectivity index is 1.68. The molecular formula is C25H24N2O3. The lowest BCUT2D eigenvalue weighted by atomic mass is 9.98. The summed E-state index contributed by atoms with van der Waals surface area (Å²) in [7, 11) is 0. The molecule has 1 fully saturated rings. The molecule has 1 atom stereocenters. The van der Waals surface area contributed by atoms with Crippen LogP contribution in [-0.2, 0) is 16.0 Å². The fraction of sp³-hybridized carbons (Fsp3) is 0.200. The quantitative estimate of drug-likeness (QED) is 0.716. The minimum Gasteiger partial charge on any atom is -0.387 e. The molecule has 2 amide bonds. The first-order chi connectivity index (χ1) is 14.7. The van der Waals surface area contributed by atoms with Crippen molar-refractivity contribution in [3.05, 3.63) is 90.5 Å². The third-order valence-corrected chi connectivity index (χ3v) is 5.49. The normalized spacial score (nSPS) is 16.6. The predicted molar refractivity (Wildman–Crippen MR) is 117 cm³/mol.